The normalized spacial score (nSPS) is 26.2. The van der Waals surface area contributed by atoms with Crippen molar-refractivity contribution in [3.05, 3.63) is 16.3 Å². The number of thiophene rings is 1. The first-order valence-electron chi connectivity index (χ1n) is 7.98. The Balaban J connectivity index is 2.00. The lowest BCUT2D eigenvalue weighted by atomic mass is 9.78. The Kier molecular flexibility index (Phi) is 3.91. The summed E-state index contributed by atoms with van der Waals surface area (Å²) in [6, 6.07) is 0.533. The van der Waals surface area contributed by atoms with Crippen LogP contribution in [0.5, 0.6) is 0 Å². The van der Waals surface area contributed by atoms with E-state index in [-0.39, 0.29) is 0 Å². The number of aryl methyl sites for hydroxylation is 3. The van der Waals surface area contributed by atoms with Gasteiger partial charge in [0.2, 0.25) is 0 Å². The molecule has 0 aliphatic heterocycles. The smallest absolute Gasteiger partial charge is 0.139 e. The van der Waals surface area contributed by atoms with Gasteiger partial charge in [0.1, 0.15) is 16.5 Å². The highest BCUT2D eigenvalue weighted by Gasteiger charge is 2.28. The fourth-order valence-corrected chi connectivity index (χ4v) is 4.50. The molecule has 0 radical (unpaired) electrons. The first kappa shape index (κ1) is 14.8. The van der Waals surface area contributed by atoms with Crippen LogP contribution in [0.4, 0.5) is 5.82 Å². The van der Waals surface area contributed by atoms with Gasteiger partial charge in [0.25, 0.3) is 0 Å². The molecule has 0 spiro atoms. The average Bonchev–Trinajstić information content (AvgIpc) is 2.70. The molecule has 0 saturated heterocycles. The summed E-state index contributed by atoms with van der Waals surface area (Å²) < 4.78 is 0. The zero-order chi connectivity index (χ0) is 15.1. The first-order valence-corrected chi connectivity index (χ1v) is 8.80. The van der Waals surface area contributed by atoms with Crippen molar-refractivity contribution in [2.75, 3.05) is 5.32 Å². The molecule has 2 heterocycles. The van der Waals surface area contributed by atoms with Crippen LogP contribution in [0, 0.1) is 32.6 Å². The lowest BCUT2D eigenvalue weighted by Gasteiger charge is -2.35. The van der Waals surface area contributed by atoms with Gasteiger partial charge in [-0.2, -0.15) is 0 Å². The molecule has 3 nitrogen and oxygen atoms in total. The molecule has 3 rings (SSSR count). The van der Waals surface area contributed by atoms with E-state index in [1.54, 1.807) is 11.3 Å². The molecule has 3 unspecified atom stereocenters. The highest BCUT2D eigenvalue weighted by Crippen LogP contribution is 2.36. The van der Waals surface area contributed by atoms with Crippen LogP contribution in [0.3, 0.4) is 0 Å². The Labute approximate surface area is 131 Å². The maximum Gasteiger partial charge on any atom is 0.139 e. The van der Waals surface area contributed by atoms with Crippen LogP contribution >= 0.6 is 11.3 Å². The fourth-order valence-electron chi connectivity index (χ4n) is 3.42. The molecule has 114 valence electrons. The Morgan fingerprint density at radius 2 is 1.86 bits per heavy atom. The van der Waals surface area contributed by atoms with E-state index in [0.717, 1.165) is 22.4 Å². The van der Waals surface area contributed by atoms with Crippen molar-refractivity contribution in [1.29, 1.82) is 0 Å². The van der Waals surface area contributed by atoms with Crippen molar-refractivity contribution in [3.8, 4) is 0 Å². The van der Waals surface area contributed by atoms with Crippen LogP contribution in [0.25, 0.3) is 10.2 Å². The predicted molar refractivity (Wildman–Crippen MR) is 91.2 cm³/mol. The van der Waals surface area contributed by atoms with Crippen LogP contribution in [-0.4, -0.2) is 16.0 Å². The fraction of sp³-hybridized carbons (Fsp3) is 0.647. The molecule has 2 aromatic rings. The second kappa shape index (κ2) is 5.56. The standard InChI is InChI=1S/C17H25N3S/c1-9-7-6-8-14(10(9)2)20-16-15-11(3)12(4)21-17(15)19-13(5)18-16/h9-10,14H,6-8H2,1-5H3,(H,18,19,20). The number of fused-ring (bicyclic) bond motifs is 1. The van der Waals surface area contributed by atoms with E-state index in [1.165, 1.54) is 35.1 Å². The number of nitrogens with zero attached hydrogens (tertiary/aromatic N) is 2. The molecular weight excluding hydrogens is 278 g/mol. The second-order valence-electron chi connectivity index (χ2n) is 6.60. The number of rotatable bonds is 2. The largest absolute Gasteiger partial charge is 0.366 e. The summed E-state index contributed by atoms with van der Waals surface area (Å²) in [5.41, 5.74) is 1.33. The molecule has 4 heteroatoms. The molecule has 0 aromatic carbocycles. The molecule has 2 aromatic heterocycles. The number of hydrogen-bond acceptors (Lipinski definition) is 4. The van der Waals surface area contributed by atoms with Gasteiger partial charge in [-0.3, -0.25) is 0 Å². The lowest BCUT2D eigenvalue weighted by molar-refractivity contribution is 0.253. The zero-order valence-electron chi connectivity index (χ0n) is 13.7. The van der Waals surface area contributed by atoms with E-state index in [9.17, 15) is 0 Å². The molecule has 0 amide bonds. The molecule has 1 fully saturated rings. The van der Waals surface area contributed by atoms with Crippen molar-refractivity contribution < 1.29 is 0 Å². The Bertz CT molecular complexity index is 662. The molecule has 1 saturated carbocycles. The van der Waals surface area contributed by atoms with Crippen molar-refractivity contribution in [3.63, 3.8) is 0 Å². The van der Waals surface area contributed by atoms with E-state index >= 15 is 0 Å². The summed E-state index contributed by atoms with van der Waals surface area (Å²) in [5.74, 6) is 3.40. The molecule has 1 aliphatic carbocycles. The summed E-state index contributed by atoms with van der Waals surface area (Å²) in [4.78, 5) is 11.8. The van der Waals surface area contributed by atoms with E-state index in [1.807, 2.05) is 6.92 Å². The summed E-state index contributed by atoms with van der Waals surface area (Å²) in [6.45, 7) is 11.1. The van der Waals surface area contributed by atoms with Gasteiger partial charge < -0.3 is 5.32 Å². The van der Waals surface area contributed by atoms with Gasteiger partial charge in [0, 0.05) is 10.9 Å². The summed E-state index contributed by atoms with van der Waals surface area (Å²) in [7, 11) is 0. The number of nitrogens with one attached hydrogen (secondary N) is 1. The maximum absolute atomic E-state index is 4.71. The van der Waals surface area contributed by atoms with Gasteiger partial charge in [-0.05, 0) is 44.6 Å². The third-order valence-electron chi connectivity index (χ3n) is 5.17. The summed E-state index contributed by atoms with van der Waals surface area (Å²) in [6.07, 6.45) is 3.92. The Hall–Kier alpha value is -1.16. The minimum Gasteiger partial charge on any atom is -0.366 e. The minimum atomic E-state index is 0.533. The van der Waals surface area contributed by atoms with E-state index in [4.69, 9.17) is 4.98 Å². The van der Waals surface area contributed by atoms with Gasteiger partial charge in [-0.1, -0.05) is 26.7 Å². The summed E-state index contributed by atoms with van der Waals surface area (Å²) in [5, 5.41) is 4.98. The van der Waals surface area contributed by atoms with Crippen LogP contribution in [0.1, 0.15) is 49.4 Å². The molecule has 3 atom stereocenters. The van der Waals surface area contributed by atoms with Crippen LogP contribution in [0.15, 0.2) is 0 Å². The molecule has 1 N–H and O–H groups in total. The van der Waals surface area contributed by atoms with Crippen molar-refractivity contribution in [1.82, 2.24) is 9.97 Å². The number of anilines is 1. The Morgan fingerprint density at radius 1 is 1.10 bits per heavy atom. The monoisotopic (exact) mass is 303 g/mol. The molecular formula is C17H25N3S. The highest BCUT2D eigenvalue weighted by molar-refractivity contribution is 7.18. The molecule has 0 bridgehead atoms. The third kappa shape index (κ3) is 2.66. The van der Waals surface area contributed by atoms with Gasteiger partial charge in [-0.25, -0.2) is 9.97 Å². The van der Waals surface area contributed by atoms with E-state index < -0.39 is 0 Å². The second-order valence-corrected chi connectivity index (χ2v) is 7.80. The Morgan fingerprint density at radius 3 is 2.62 bits per heavy atom. The van der Waals surface area contributed by atoms with Crippen molar-refractivity contribution >= 4 is 27.4 Å². The SMILES string of the molecule is Cc1nc(NC2CCCC(C)C2C)c2c(C)c(C)sc2n1. The van der Waals surface area contributed by atoms with Gasteiger partial charge in [0.05, 0.1) is 5.39 Å². The topological polar surface area (TPSA) is 37.8 Å². The maximum atomic E-state index is 4.71. The highest BCUT2D eigenvalue weighted by atomic mass is 32.1. The van der Waals surface area contributed by atoms with Crippen LogP contribution in [0.2, 0.25) is 0 Å². The lowest BCUT2D eigenvalue weighted by Crippen LogP contribution is -2.35. The summed E-state index contributed by atoms with van der Waals surface area (Å²) >= 11 is 1.78. The van der Waals surface area contributed by atoms with Gasteiger partial charge in [0.15, 0.2) is 0 Å². The minimum absolute atomic E-state index is 0.533. The van der Waals surface area contributed by atoms with Crippen molar-refractivity contribution in [2.45, 2.75) is 59.9 Å². The predicted octanol–water partition coefficient (Wildman–Crippen LogP) is 4.85. The number of hydrogen-bond donors (Lipinski definition) is 1. The molecule has 21 heavy (non-hydrogen) atoms. The van der Waals surface area contributed by atoms with E-state index in [0.29, 0.717) is 12.0 Å². The zero-order valence-corrected chi connectivity index (χ0v) is 14.5. The quantitative estimate of drug-likeness (QED) is 0.861. The first-order chi connectivity index (χ1) is 9.97. The average molecular weight is 303 g/mol. The number of aromatic nitrogens is 2. The van der Waals surface area contributed by atoms with Crippen molar-refractivity contribution in [2.24, 2.45) is 11.8 Å². The van der Waals surface area contributed by atoms with Crippen LogP contribution in [-0.2, 0) is 0 Å². The van der Waals surface area contributed by atoms with Crippen LogP contribution < -0.4 is 5.32 Å². The van der Waals surface area contributed by atoms with E-state index in [2.05, 4.69) is 38.0 Å². The van der Waals surface area contributed by atoms with Gasteiger partial charge in [-0.15, -0.1) is 11.3 Å². The molecule has 1 aliphatic rings. The van der Waals surface area contributed by atoms with Gasteiger partial charge >= 0.3 is 0 Å². The third-order valence-corrected chi connectivity index (χ3v) is 6.27.